The molecule has 0 aliphatic rings. The summed E-state index contributed by atoms with van der Waals surface area (Å²) in [5.74, 6) is 0. The van der Waals surface area contributed by atoms with Crippen molar-refractivity contribution < 1.29 is 0 Å². The predicted octanol–water partition coefficient (Wildman–Crippen LogP) is 4.42. The van der Waals surface area contributed by atoms with Crippen molar-refractivity contribution in [1.29, 1.82) is 0 Å². The van der Waals surface area contributed by atoms with E-state index in [0.29, 0.717) is 0 Å². The highest BCUT2D eigenvalue weighted by Gasteiger charge is 2.05. The second-order valence-corrected chi connectivity index (χ2v) is 4.96. The Hall–Kier alpha value is -1.32. The molecule has 0 spiro atoms. The van der Waals surface area contributed by atoms with Gasteiger partial charge in [-0.15, -0.1) is 0 Å². The van der Waals surface area contributed by atoms with Crippen molar-refractivity contribution in [2.75, 3.05) is 0 Å². The Bertz CT molecular complexity index is 673. The van der Waals surface area contributed by atoms with Gasteiger partial charge in [0.15, 0.2) is 0 Å². The summed E-state index contributed by atoms with van der Waals surface area (Å²) in [5, 5.41) is 0.735. The molecule has 0 radical (unpaired) electrons. The summed E-state index contributed by atoms with van der Waals surface area (Å²) in [6.07, 6.45) is 2.00. The van der Waals surface area contributed by atoms with Gasteiger partial charge in [-0.3, -0.25) is 4.40 Å². The van der Waals surface area contributed by atoms with Crippen molar-refractivity contribution in [3.8, 4) is 11.3 Å². The fraction of sp³-hybridized carbons (Fsp3) is 0. The number of halogens is 2. The molecule has 0 saturated carbocycles. The van der Waals surface area contributed by atoms with Crippen LogP contribution in [-0.2, 0) is 0 Å². The Morgan fingerprint density at radius 3 is 2.53 bits per heavy atom. The summed E-state index contributed by atoms with van der Waals surface area (Å²) in [7, 11) is 0. The van der Waals surface area contributed by atoms with Crippen LogP contribution in [0.5, 0.6) is 0 Å². The standard InChI is InChI=1S/C13H8BrClN2/c14-12-2-1-3-13-16-11(8-17(12)13)9-4-6-10(15)7-5-9/h1-8H. The van der Waals surface area contributed by atoms with Gasteiger partial charge >= 0.3 is 0 Å². The molecule has 0 amide bonds. The zero-order chi connectivity index (χ0) is 11.8. The molecule has 2 aromatic heterocycles. The lowest BCUT2D eigenvalue weighted by molar-refractivity contribution is 1.14. The highest BCUT2D eigenvalue weighted by atomic mass is 79.9. The molecule has 0 saturated heterocycles. The predicted molar refractivity (Wildman–Crippen MR) is 73.3 cm³/mol. The van der Waals surface area contributed by atoms with Crippen LogP contribution in [0.3, 0.4) is 0 Å². The van der Waals surface area contributed by atoms with Crippen LogP contribution in [0.2, 0.25) is 5.02 Å². The Kier molecular flexibility index (Phi) is 2.65. The molecule has 0 unspecified atom stereocenters. The molecule has 0 aliphatic carbocycles. The number of hydrogen-bond acceptors (Lipinski definition) is 1. The lowest BCUT2D eigenvalue weighted by Gasteiger charge is -1.95. The molecule has 4 heteroatoms. The van der Waals surface area contributed by atoms with Gasteiger partial charge < -0.3 is 0 Å². The average molecular weight is 308 g/mol. The number of imidazole rings is 1. The van der Waals surface area contributed by atoms with Gasteiger partial charge in [-0.05, 0) is 40.2 Å². The van der Waals surface area contributed by atoms with E-state index in [4.69, 9.17) is 11.6 Å². The van der Waals surface area contributed by atoms with E-state index in [1.54, 1.807) is 0 Å². The Morgan fingerprint density at radius 1 is 1.06 bits per heavy atom. The Labute approximate surface area is 112 Å². The molecule has 0 N–H and O–H groups in total. The van der Waals surface area contributed by atoms with Crippen LogP contribution in [0.15, 0.2) is 53.3 Å². The van der Waals surface area contributed by atoms with Crippen molar-refractivity contribution in [3.63, 3.8) is 0 Å². The Balaban J connectivity index is 2.18. The number of benzene rings is 1. The van der Waals surface area contributed by atoms with Gasteiger partial charge in [0, 0.05) is 16.8 Å². The summed E-state index contributed by atoms with van der Waals surface area (Å²) in [4.78, 5) is 4.56. The first-order chi connectivity index (χ1) is 8.24. The molecule has 1 aromatic carbocycles. The summed E-state index contributed by atoms with van der Waals surface area (Å²) >= 11 is 9.37. The van der Waals surface area contributed by atoms with Crippen molar-refractivity contribution in [2.24, 2.45) is 0 Å². The smallest absolute Gasteiger partial charge is 0.138 e. The van der Waals surface area contributed by atoms with Gasteiger partial charge in [-0.25, -0.2) is 4.98 Å². The average Bonchev–Trinajstić information content (AvgIpc) is 2.75. The molecule has 17 heavy (non-hydrogen) atoms. The van der Waals surface area contributed by atoms with Gasteiger partial charge in [0.25, 0.3) is 0 Å². The van der Waals surface area contributed by atoms with E-state index in [2.05, 4.69) is 20.9 Å². The second kappa shape index (κ2) is 4.17. The monoisotopic (exact) mass is 306 g/mol. The summed E-state index contributed by atoms with van der Waals surface area (Å²) in [6.45, 7) is 0. The maximum atomic E-state index is 5.87. The van der Waals surface area contributed by atoms with Crippen molar-refractivity contribution in [3.05, 3.63) is 58.3 Å². The molecule has 2 heterocycles. The first-order valence-electron chi connectivity index (χ1n) is 5.13. The van der Waals surface area contributed by atoms with Crippen LogP contribution in [0, 0.1) is 0 Å². The summed E-state index contributed by atoms with van der Waals surface area (Å²) in [5.41, 5.74) is 2.92. The van der Waals surface area contributed by atoms with Crippen LogP contribution in [-0.4, -0.2) is 9.38 Å². The molecule has 0 atom stereocenters. The van der Waals surface area contributed by atoms with E-state index < -0.39 is 0 Å². The van der Waals surface area contributed by atoms with E-state index in [9.17, 15) is 0 Å². The molecule has 0 bridgehead atoms. The molecule has 84 valence electrons. The quantitative estimate of drug-likeness (QED) is 0.608. The normalized spacial score (nSPS) is 10.9. The van der Waals surface area contributed by atoms with Crippen molar-refractivity contribution in [2.45, 2.75) is 0 Å². The second-order valence-electron chi connectivity index (χ2n) is 3.71. The van der Waals surface area contributed by atoms with Crippen LogP contribution in [0.1, 0.15) is 0 Å². The van der Waals surface area contributed by atoms with Gasteiger partial charge in [0.2, 0.25) is 0 Å². The Morgan fingerprint density at radius 2 is 1.82 bits per heavy atom. The van der Waals surface area contributed by atoms with Crippen LogP contribution in [0.4, 0.5) is 0 Å². The first-order valence-corrected chi connectivity index (χ1v) is 6.31. The van der Waals surface area contributed by atoms with Crippen LogP contribution >= 0.6 is 27.5 Å². The maximum Gasteiger partial charge on any atom is 0.138 e. The third-order valence-corrected chi connectivity index (χ3v) is 3.48. The first kappa shape index (κ1) is 10.8. The molecule has 3 rings (SSSR count). The van der Waals surface area contributed by atoms with E-state index in [-0.39, 0.29) is 0 Å². The van der Waals surface area contributed by atoms with Crippen LogP contribution in [0.25, 0.3) is 16.9 Å². The number of rotatable bonds is 1. The highest BCUT2D eigenvalue weighted by molar-refractivity contribution is 9.10. The van der Waals surface area contributed by atoms with Gasteiger partial charge in [0.1, 0.15) is 5.65 Å². The topological polar surface area (TPSA) is 17.3 Å². The van der Waals surface area contributed by atoms with Crippen LogP contribution < -0.4 is 0 Å². The van der Waals surface area contributed by atoms with E-state index >= 15 is 0 Å². The fourth-order valence-electron chi connectivity index (χ4n) is 1.74. The third-order valence-electron chi connectivity index (χ3n) is 2.58. The van der Waals surface area contributed by atoms with E-state index in [0.717, 1.165) is 26.5 Å². The highest BCUT2D eigenvalue weighted by Crippen LogP contribution is 2.23. The van der Waals surface area contributed by atoms with Gasteiger partial charge in [-0.1, -0.05) is 29.8 Å². The zero-order valence-corrected chi connectivity index (χ0v) is 11.1. The SMILES string of the molecule is Clc1ccc(-c2cn3c(Br)cccc3n2)cc1. The van der Waals surface area contributed by atoms with Gasteiger partial charge in [0.05, 0.1) is 10.3 Å². The van der Waals surface area contributed by atoms with Gasteiger partial charge in [-0.2, -0.15) is 0 Å². The molecular formula is C13H8BrClN2. The summed E-state index contributed by atoms with van der Waals surface area (Å²) in [6, 6.07) is 13.6. The number of aromatic nitrogens is 2. The minimum absolute atomic E-state index is 0.735. The minimum atomic E-state index is 0.735. The molecule has 0 aliphatic heterocycles. The maximum absolute atomic E-state index is 5.87. The molecule has 2 nitrogen and oxygen atoms in total. The third kappa shape index (κ3) is 1.96. The number of hydrogen-bond donors (Lipinski definition) is 0. The zero-order valence-electron chi connectivity index (χ0n) is 8.77. The number of pyridine rings is 1. The van der Waals surface area contributed by atoms with E-state index in [1.807, 2.05) is 53.1 Å². The molecule has 3 aromatic rings. The minimum Gasteiger partial charge on any atom is -0.293 e. The van der Waals surface area contributed by atoms with E-state index in [1.165, 1.54) is 0 Å². The lowest BCUT2D eigenvalue weighted by Crippen LogP contribution is -1.82. The summed E-state index contributed by atoms with van der Waals surface area (Å²) < 4.78 is 2.99. The van der Waals surface area contributed by atoms with Crippen molar-refractivity contribution >= 4 is 33.2 Å². The largest absolute Gasteiger partial charge is 0.293 e. The number of nitrogens with zero attached hydrogens (tertiary/aromatic N) is 2. The molecular weight excluding hydrogens is 300 g/mol. The molecule has 0 fully saturated rings. The fourth-order valence-corrected chi connectivity index (χ4v) is 2.30. The number of fused-ring (bicyclic) bond motifs is 1. The lowest BCUT2D eigenvalue weighted by atomic mass is 10.2. The van der Waals surface area contributed by atoms with Crippen molar-refractivity contribution in [1.82, 2.24) is 9.38 Å².